The van der Waals surface area contributed by atoms with Crippen molar-refractivity contribution in [2.45, 2.75) is 0 Å². The van der Waals surface area contributed by atoms with Gasteiger partial charge >= 0.3 is 7.43 Å². The second-order valence-corrected chi connectivity index (χ2v) is 2.81. The molecule has 0 rings (SSSR count). The van der Waals surface area contributed by atoms with E-state index in [1.165, 1.54) is 0 Å². The van der Waals surface area contributed by atoms with Crippen LogP contribution < -0.4 is 19.6 Å². The molecule has 0 radical (unpaired) electrons. The number of hydrogen-bond donors (Lipinski definition) is 2. The Morgan fingerprint density at radius 2 is 0.818 bits per heavy atom. The van der Waals surface area contributed by atoms with Crippen molar-refractivity contribution in [1.29, 1.82) is 0 Å². The maximum atomic E-state index is 8.66. The van der Waals surface area contributed by atoms with Gasteiger partial charge in [-0.3, -0.25) is 0 Å². The van der Waals surface area contributed by atoms with Crippen LogP contribution in [0.5, 0.6) is 0 Å². The molecular formula is CH2O8P2. The fourth-order valence-electron chi connectivity index (χ4n) is 0. The predicted octanol–water partition coefficient (Wildman–Crippen LogP) is -4.30. The Bertz CT molecular complexity index is 124. The summed E-state index contributed by atoms with van der Waals surface area (Å²) in [4.78, 5) is 48.6. The molecule has 0 fully saturated rings. The Hall–Kier alpha value is 0.220. The molecule has 0 heterocycles. The van der Waals surface area contributed by atoms with Crippen LogP contribution in [0.3, 0.4) is 0 Å². The van der Waals surface area contributed by atoms with E-state index in [-0.39, 0.29) is 7.43 Å². The van der Waals surface area contributed by atoms with Gasteiger partial charge in [0.05, 0.1) is 15.6 Å². The number of hydrogen-bond acceptors (Lipinski definition) is 6. The van der Waals surface area contributed by atoms with E-state index in [0.717, 1.165) is 0 Å². The van der Waals surface area contributed by atoms with E-state index in [1.54, 1.807) is 0 Å². The van der Waals surface area contributed by atoms with Crippen LogP contribution in [0.1, 0.15) is 0 Å². The molecular weight excluding hydrogens is 202 g/mol. The third-order valence-electron chi connectivity index (χ3n) is 0. The first-order valence-corrected chi connectivity index (χ1v) is 4.49. The Morgan fingerprint density at radius 1 is 0.818 bits per heavy atom. The molecule has 64 valence electrons. The van der Waals surface area contributed by atoms with Gasteiger partial charge in [-0.25, -0.2) is 0 Å². The van der Waals surface area contributed by atoms with E-state index >= 15 is 0 Å². The summed E-state index contributed by atoms with van der Waals surface area (Å²) < 4.78 is 17.3. The van der Waals surface area contributed by atoms with E-state index in [9.17, 15) is 0 Å². The second-order valence-electron chi connectivity index (χ2n) is 0.937. The molecule has 0 atom stereocenters. The molecule has 0 aromatic heterocycles. The van der Waals surface area contributed by atoms with Gasteiger partial charge in [-0.15, -0.1) is 0 Å². The van der Waals surface area contributed by atoms with Crippen LogP contribution in [0, 0.1) is 7.43 Å². The summed E-state index contributed by atoms with van der Waals surface area (Å²) in [5.41, 5.74) is 0. The Balaban J connectivity index is -0.000000107. The minimum absolute atomic E-state index is 0. The van der Waals surface area contributed by atoms with Crippen molar-refractivity contribution in [3.05, 3.63) is 7.43 Å². The van der Waals surface area contributed by atoms with Crippen molar-refractivity contribution >= 4 is 15.6 Å². The monoisotopic (exact) mass is 204 g/mol. The Labute approximate surface area is 62.6 Å². The SMILES string of the molecule is O=P([O-])([O-])O.O=P([O-])([O-])O.[C+4]. The first-order chi connectivity index (χ1) is 4.00. The van der Waals surface area contributed by atoms with E-state index < -0.39 is 15.6 Å². The van der Waals surface area contributed by atoms with Gasteiger partial charge in [0.2, 0.25) is 0 Å². The molecule has 0 aromatic carbocycles. The molecule has 0 saturated heterocycles. The van der Waals surface area contributed by atoms with Gasteiger partial charge in [-0.05, 0) is 0 Å². The third kappa shape index (κ3) is 14300. The van der Waals surface area contributed by atoms with Gasteiger partial charge in [-0.2, -0.15) is 0 Å². The minimum atomic E-state index is -5.14. The van der Waals surface area contributed by atoms with Crippen LogP contribution in [0.15, 0.2) is 0 Å². The summed E-state index contributed by atoms with van der Waals surface area (Å²) in [6, 6.07) is 0. The fraction of sp³-hybridized carbons (Fsp3) is 0. The zero-order chi connectivity index (χ0) is 9.00. The zero-order valence-corrected chi connectivity index (χ0v) is 6.53. The van der Waals surface area contributed by atoms with Crippen LogP contribution in [-0.4, -0.2) is 9.79 Å². The molecule has 10 heteroatoms. The summed E-state index contributed by atoms with van der Waals surface area (Å²) in [6.07, 6.45) is 0. The van der Waals surface area contributed by atoms with Gasteiger partial charge in [0.1, 0.15) is 0 Å². The molecule has 0 unspecified atom stereocenters. The van der Waals surface area contributed by atoms with Gasteiger partial charge in [0.25, 0.3) is 0 Å². The molecule has 8 nitrogen and oxygen atoms in total. The predicted molar refractivity (Wildman–Crippen MR) is 22.9 cm³/mol. The van der Waals surface area contributed by atoms with E-state index in [4.69, 9.17) is 38.5 Å². The quantitative estimate of drug-likeness (QED) is 0.373. The van der Waals surface area contributed by atoms with Gasteiger partial charge in [0, 0.05) is 0 Å². The van der Waals surface area contributed by atoms with Crippen LogP contribution in [0.2, 0.25) is 0 Å². The molecule has 0 aromatic rings. The van der Waals surface area contributed by atoms with Crippen LogP contribution in [0.25, 0.3) is 0 Å². The summed E-state index contributed by atoms with van der Waals surface area (Å²) in [5.74, 6) is 0. The summed E-state index contributed by atoms with van der Waals surface area (Å²) in [6.45, 7) is 0. The molecule has 0 bridgehead atoms. The van der Waals surface area contributed by atoms with Gasteiger partial charge in [0.15, 0.2) is 0 Å². The number of rotatable bonds is 0. The summed E-state index contributed by atoms with van der Waals surface area (Å²) >= 11 is 0. The van der Waals surface area contributed by atoms with Gasteiger partial charge < -0.3 is 38.5 Å². The topological polar surface area (TPSA) is 167 Å². The van der Waals surface area contributed by atoms with E-state index in [2.05, 4.69) is 0 Å². The van der Waals surface area contributed by atoms with Crippen molar-refractivity contribution in [2.24, 2.45) is 0 Å². The average molecular weight is 204 g/mol. The summed E-state index contributed by atoms with van der Waals surface area (Å²) in [7, 11) is -10.3. The second kappa shape index (κ2) is 5.82. The first kappa shape index (κ1) is 17.3. The molecule has 0 spiro atoms. The van der Waals surface area contributed by atoms with Crippen LogP contribution in [0.4, 0.5) is 0 Å². The fourth-order valence-corrected chi connectivity index (χ4v) is 0. The Kier molecular flexibility index (Phi) is 9.17. The average Bonchev–Trinajstić information content (AvgIpc) is 1.12. The number of phosphoric acid groups is 2. The largest absolute Gasteiger partial charge is 4.00 e. The van der Waals surface area contributed by atoms with Crippen LogP contribution >= 0.6 is 15.6 Å². The first-order valence-electron chi connectivity index (χ1n) is 1.50. The van der Waals surface area contributed by atoms with Crippen molar-refractivity contribution in [2.75, 3.05) is 0 Å². The van der Waals surface area contributed by atoms with E-state index in [1.807, 2.05) is 0 Å². The molecule has 0 aliphatic heterocycles. The van der Waals surface area contributed by atoms with Crippen molar-refractivity contribution in [3.63, 3.8) is 0 Å². The molecule has 0 amide bonds. The van der Waals surface area contributed by atoms with Crippen molar-refractivity contribution in [3.8, 4) is 0 Å². The maximum Gasteiger partial charge on any atom is 4.00 e. The normalized spacial score (nSPS) is 10.7. The Morgan fingerprint density at radius 3 is 0.818 bits per heavy atom. The van der Waals surface area contributed by atoms with E-state index in [0.29, 0.717) is 0 Å². The zero-order valence-electron chi connectivity index (χ0n) is 4.74. The van der Waals surface area contributed by atoms with Gasteiger partial charge in [-0.1, -0.05) is 0 Å². The van der Waals surface area contributed by atoms with Crippen molar-refractivity contribution < 1.29 is 38.5 Å². The molecule has 0 aliphatic rings. The third-order valence-corrected chi connectivity index (χ3v) is 0. The molecule has 2 N–H and O–H groups in total. The standard InChI is InChI=1S/C.2H3O4P/c;2*1-5(2,3)4/h;2*(H3,1,2,3,4)/q+4;;/p-4. The molecule has 0 aliphatic carbocycles. The molecule has 0 saturated carbocycles. The molecule has 11 heavy (non-hydrogen) atoms. The van der Waals surface area contributed by atoms with Crippen molar-refractivity contribution in [1.82, 2.24) is 0 Å². The van der Waals surface area contributed by atoms with Crippen LogP contribution in [-0.2, 0) is 9.13 Å². The minimum Gasteiger partial charge on any atom is -0.790 e. The maximum absolute atomic E-state index is 8.66. The summed E-state index contributed by atoms with van der Waals surface area (Å²) in [5, 5.41) is 0. The smallest absolute Gasteiger partial charge is 0.790 e.